The fourth-order valence-corrected chi connectivity index (χ4v) is 1.45. The van der Waals surface area contributed by atoms with E-state index in [0.717, 1.165) is 0 Å². The second-order valence-corrected chi connectivity index (χ2v) is 4.28. The number of hydrogen-bond donors (Lipinski definition) is 3. The van der Waals surface area contributed by atoms with Crippen molar-refractivity contribution in [1.82, 2.24) is 10.6 Å². The van der Waals surface area contributed by atoms with Crippen molar-refractivity contribution in [1.29, 1.82) is 0 Å². The van der Waals surface area contributed by atoms with Crippen LogP contribution in [0.4, 0.5) is 0 Å². The third-order valence-corrected chi connectivity index (χ3v) is 2.41. The fraction of sp³-hybridized carbons (Fsp3) is 0.333. The number of hydrogen-bond acceptors (Lipinski definition) is 3. The largest absolute Gasteiger partial charge is 0.394 e. The second-order valence-electron chi connectivity index (χ2n) is 3.84. The summed E-state index contributed by atoms with van der Waals surface area (Å²) in [5, 5.41) is 14.2. The lowest BCUT2D eigenvalue weighted by atomic mass is 10.2. The molecule has 6 heteroatoms. The monoisotopic (exact) mass is 270 g/mol. The van der Waals surface area contributed by atoms with Crippen molar-refractivity contribution in [3.05, 3.63) is 34.9 Å². The molecule has 1 aromatic carbocycles. The number of aliphatic hydroxyl groups is 1. The SMILES string of the molecule is CC(CO)NC(=O)CNC(=O)c1cccc(Cl)c1. The van der Waals surface area contributed by atoms with Gasteiger partial charge in [0.25, 0.3) is 5.91 Å². The Hall–Kier alpha value is -1.59. The quantitative estimate of drug-likeness (QED) is 0.732. The first-order valence-corrected chi connectivity index (χ1v) is 5.84. The summed E-state index contributed by atoms with van der Waals surface area (Å²) >= 11 is 5.75. The molecule has 1 atom stereocenters. The zero-order valence-electron chi connectivity index (χ0n) is 9.94. The van der Waals surface area contributed by atoms with Crippen molar-refractivity contribution in [2.45, 2.75) is 13.0 Å². The summed E-state index contributed by atoms with van der Waals surface area (Å²) in [4.78, 5) is 23.0. The highest BCUT2D eigenvalue weighted by Gasteiger charge is 2.09. The topological polar surface area (TPSA) is 78.4 Å². The summed E-state index contributed by atoms with van der Waals surface area (Å²) in [6.07, 6.45) is 0. The second kappa shape index (κ2) is 6.98. The Morgan fingerprint density at radius 1 is 1.44 bits per heavy atom. The Morgan fingerprint density at radius 3 is 2.78 bits per heavy atom. The van der Waals surface area contributed by atoms with E-state index in [-0.39, 0.29) is 31.0 Å². The van der Waals surface area contributed by atoms with Gasteiger partial charge in [0, 0.05) is 16.6 Å². The molecule has 0 radical (unpaired) electrons. The summed E-state index contributed by atoms with van der Waals surface area (Å²) in [5.74, 6) is -0.726. The molecule has 1 rings (SSSR count). The van der Waals surface area contributed by atoms with Gasteiger partial charge in [-0.05, 0) is 25.1 Å². The van der Waals surface area contributed by atoms with Gasteiger partial charge in [0.15, 0.2) is 0 Å². The molecule has 0 aliphatic heterocycles. The highest BCUT2D eigenvalue weighted by atomic mass is 35.5. The predicted molar refractivity (Wildman–Crippen MR) is 68.5 cm³/mol. The molecule has 1 aromatic rings. The first-order valence-electron chi connectivity index (χ1n) is 5.47. The Kier molecular flexibility index (Phi) is 5.61. The maximum atomic E-state index is 11.7. The molecule has 0 spiro atoms. The maximum absolute atomic E-state index is 11.7. The number of aliphatic hydroxyl groups excluding tert-OH is 1. The van der Waals surface area contributed by atoms with E-state index < -0.39 is 0 Å². The first-order chi connectivity index (χ1) is 8.52. The number of carbonyl (C=O) groups excluding carboxylic acids is 2. The molecule has 0 fully saturated rings. The van der Waals surface area contributed by atoms with E-state index in [2.05, 4.69) is 10.6 Å². The lowest BCUT2D eigenvalue weighted by Gasteiger charge is -2.11. The standard InChI is InChI=1S/C12H15ClN2O3/c1-8(7-16)15-11(17)6-14-12(18)9-3-2-4-10(13)5-9/h2-5,8,16H,6-7H2,1H3,(H,14,18)(H,15,17). The van der Waals surface area contributed by atoms with E-state index in [4.69, 9.17) is 16.7 Å². The van der Waals surface area contributed by atoms with E-state index in [0.29, 0.717) is 10.6 Å². The van der Waals surface area contributed by atoms with Gasteiger partial charge >= 0.3 is 0 Å². The van der Waals surface area contributed by atoms with Crippen LogP contribution in [0.5, 0.6) is 0 Å². The average molecular weight is 271 g/mol. The summed E-state index contributed by atoms with van der Waals surface area (Å²) in [7, 11) is 0. The highest BCUT2D eigenvalue weighted by molar-refractivity contribution is 6.30. The van der Waals surface area contributed by atoms with E-state index in [1.807, 2.05) is 0 Å². The van der Waals surface area contributed by atoms with E-state index >= 15 is 0 Å². The molecular weight excluding hydrogens is 256 g/mol. The molecule has 5 nitrogen and oxygen atoms in total. The highest BCUT2D eigenvalue weighted by Crippen LogP contribution is 2.10. The Labute approximate surface area is 110 Å². The Morgan fingerprint density at radius 2 is 2.17 bits per heavy atom. The lowest BCUT2D eigenvalue weighted by molar-refractivity contribution is -0.121. The number of rotatable bonds is 5. The van der Waals surface area contributed by atoms with Crippen LogP contribution in [0.25, 0.3) is 0 Å². The van der Waals surface area contributed by atoms with Crippen molar-refractivity contribution < 1.29 is 14.7 Å². The van der Waals surface area contributed by atoms with Gasteiger partial charge in [0.2, 0.25) is 5.91 Å². The molecule has 1 unspecified atom stereocenters. The average Bonchev–Trinajstić information content (AvgIpc) is 2.35. The number of halogens is 1. The van der Waals surface area contributed by atoms with Crippen LogP contribution in [0.3, 0.4) is 0 Å². The Bertz CT molecular complexity index is 437. The van der Waals surface area contributed by atoms with E-state index in [1.165, 1.54) is 6.07 Å². The normalized spacial score (nSPS) is 11.7. The minimum absolute atomic E-state index is 0.143. The minimum Gasteiger partial charge on any atom is -0.394 e. The van der Waals surface area contributed by atoms with Gasteiger partial charge in [-0.1, -0.05) is 17.7 Å². The van der Waals surface area contributed by atoms with Crippen molar-refractivity contribution in [2.24, 2.45) is 0 Å². The maximum Gasteiger partial charge on any atom is 0.251 e. The van der Waals surface area contributed by atoms with Crippen molar-refractivity contribution >= 4 is 23.4 Å². The van der Waals surface area contributed by atoms with Crippen LogP contribution in [0, 0.1) is 0 Å². The number of amides is 2. The predicted octanol–water partition coefficient (Wildman–Crippen LogP) is 0.567. The number of carbonyl (C=O) groups is 2. The molecule has 0 aliphatic rings. The first kappa shape index (κ1) is 14.5. The smallest absolute Gasteiger partial charge is 0.251 e. The summed E-state index contributed by atoms with van der Waals surface area (Å²) in [5.41, 5.74) is 0.394. The number of nitrogens with one attached hydrogen (secondary N) is 2. The Balaban J connectivity index is 2.44. The molecule has 0 aromatic heterocycles. The van der Waals surface area contributed by atoms with Crippen LogP contribution in [0.15, 0.2) is 24.3 Å². The molecule has 0 saturated heterocycles. The molecule has 2 amide bonds. The van der Waals surface area contributed by atoms with Crippen LogP contribution in [0.1, 0.15) is 17.3 Å². The summed E-state index contributed by atoms with van der Waals surface area (Å²) in [6, 6.07) is 6.11. The summed E-state index contributed by atoms with van der Waals surface area (Å²) in [6.45, 7) is 1.38. The van der Waals surface area contributed by atoms with Gasteiger partial charge in [-0.15, -0.1) is 0 Å². The van der Waals surface area contributed by atoms with Crippen molar-refractivity contribution in [3.63, 3.8) is 0 Å². The van der Waals surface area contributed by atoms with Gasteiger partial charge in [-0.25, -0.2) is 0 Å². The molecule has 0 bridgehead atoms. The minimum atomic E-state index is -0.371. The molecule has 0 aliphatic carbocycles. The van der Waals surface area contributed by atoms with Crippen LogP contribution in [-0.2, 0) is 4.79 Å². The van der Waals surface area contributed by atoms with Gasteiger partial charge < -0.3 is 15.7 Å². The van der Waals surface area contributed by atoms with Crippen LogP contribution in [0.2, 0.25) is 5.02 Å². The van der Waals surface area contributed by atoms with E-state index in [9.17, 15) is 9.59 Å². The van der Waals surface area contributed by atoms with Gasteiger partial charge in [0.05, 0.1) is 13.2 Å². The van der Waals surface area contributed by atoms with Gasteiger partial charge in [-0.3, -0.25) is 9.59 Å². The molecule has 98 valence electrons. The zero-order valence-corrected chi connectivity index (χ0v) is 10.7. The molecule has 0 saturated carbocycles. The third-order valence-electron chi connectivity index (χ3n) is 2.18. The number of benzene rings is 1. The summed E-state index contributed by atoms with van der Waals surface area (Å²) < 4.78 is 0. The zero-order chi connectivity index (χ0) is 13.5. The fourth-order valence-electron chi connectivity index (χ4n) is 1.26. The molecule has 18 heavy (non-hydrogen) atoms. The third kappa shape index (κ3) is 4.73. The van der Waals surface area contributed by atoms with Crippen molar-refractivity contribution in [3.8, 4) is 0 Å². The van der Waals surface area contributed by atoms with Gasteiger partial charge in [0.1, 0.15) is 0 Å². The molecular formula is C12H15ClN2O3. The molecule has 3 N–H and O–H groups in total. The van der Waals surface area contributed by atoms with Crippen LogP contribution >= 0.6 is 11.6 Å². The van der Waals surface area contributed by atoms with Crippen molar-refractivity contribution in [2.75, 3.05) is 13.2 Å². The molecule has 0 heterocycles. The lowest BCUT2D eigenvalue weighted by Crippen LogP contribution is -2.42. The van der Waals surface area contributed by atoms with Gasteiger partial charge in [-0.2, -0.15) is 0 Å². The van der Waals surface area contributed by atoms with Crippen LogP contribution in [-0.4, -0.2) is 36.1 Å². The van der Waals surface area contributed by atoms with E-state index in [1.54, 1.807) is 25.1 Å². The van der Waals surface area contributed by atoms with Crippen LogP contribution < -0.4 is 10.6 Å².